The van der Waals surface area contributed by atoms with E-state index in [-0.39, 0.29) is 36.6 Å². The van der Waals surface area contributed by atoms with Crippen molar-refractivity contribution in [3.63, 3.8) is 0 Å². The zero-order valence-electron chi connectivity index (χ0n) is 25.1. The molecule has 1 aliphatic heterocycles. The number of halogens is 6. The number of imide groups is 1. The second kappa shape index (κ2) is 12.4. The number of carbonyl (C=O) groups is 2. The number of anilines is 1. The van der Waals surface area contributed by atoms with Gasteiger partial charge >= 0.3 is 24.5 Å². The van der Waals surface area contributed by atoms with Crippen molar-refractivity contribution in [1.82, 2.24) is 15.2 Å². The molecular weight excluding hydrogens is 622 g/mol. The molecule has 0 saturated heterocycles. The minimum atomic E-state index is -5.34. The first-order valence-electron chi connectivity index (χ1n) is 13.5. The normalized spacial score (nSPS) is 19.4. The Balaban J connectivity index is 2.45. The van der Waals surface area contributed by atoms with Gasteiger partial charge in [-0.2, -0.15) is 31.2 Å². The smallest absolute Gasteiger partial charge is 0.426 e. The minimum Gasteiger partial charge on any atom is -0.512 e. The van der Waals surface area contributed by atoms with Gasteiger partial charge in [0.1, 0.15) is 28.8 Å². The van der Waals surface area contributed by atoms with Crippen LogP contribution in [0.1, 0.15) is 85.1 Å². The van der Waals surface area contributed by atoms with E-state index >= 15 is 0 Å². The number of ether oxygens (including phenoxy) is 3. The average Bonchev–Trinajstić information content (AvgIpc) is 3.34. The highest BCUT2D eigenvalue weighted by Crippen LogP contribution is 2.46. The summed E-state index contributed by atoms with van der Waals surface area (Å²) >= 11 is 0. The summed E-state index contributed by atoms with van der Waals surface area (Å²) in [5.41, 5.74) is -9.97. The molecular formula is C27H32F6N4O8. The third kappa shape index (κ3) is 8.34. The summed E-state index contributed by atoms with van der Waals surface area (Å²) in [5.74, 6) is -4.09. The fourth-order valence-electron chi connectivity index (χ4n) is 3.96. The first-order chi connectivity index (χ1) is 20.5. The average molecular weight is 655 g/mol. The van der Waals surface area contributed by atoms with Gasteiger partial charge in [-0.05, 0) is 66.9 Å². The molecule has 2 aromatic heterocycles. The molecule has 4 bridgehead atoms. The summed E-state index contributed by atoms with van der Waals surface area (Å²) in [6, 6.07) is 0.228. The molecule has 2 aromatic rings. The van der Waals surface area contributed by atoms with E-state index in [0.717, 1.165) is 0 Å². The van der Waals surface area contributed by atoms with E-state index in [1.165, 1.54) is 41.5 Å². The lowest BCUT2D eigenvalue weighted by molar-refractivity contribution is -0.277. The van der Waals surface area contributed by atoms with Gasteiger partial charge in [-0.15, -0.1) is 10.2 Å². The van der Waals surface area contributed by atoms with Crippen molar-refractivity contribution in [3.05, 3.63) is 29.5 Å². The van der Waals surface area contributed by atoms with E-state index in [2.05, 4.69) is 15.2 Å². The Morgan fingerprint density at radius 1 is 0.956 bits per heavy atom. The summed E-state index contributed by atoms with van der Waals surface area (Å²) < 4.78 is 106. The summed E-state index contributed by atoms with van der Waals surface area (Å²) in [4.78, 5) is 30.5. The van der Waals surface area contributed by atoms with Crippen molar-refractivity contribution in [2.24, 2.45) is 0 Å². The number of fused-ring (bicyclic) bond motifs is 5. The molecule has 3 heterocycles. The lowest BCUT2D eigenvalue weighted by Crippen LogP contribution is -2.44. The van der Waals surface area contributed by atoms with Crippen LogP contribution in [0.5, 0.6) is 5.88 Å². The van der Waals surface area contributed by atoms with Crippen molar-refractivity contribution in [1.29, 1.82) is 0 Å². The first-order valence-corrected chi connectivity index (χ1v) is 13.5. The van der Waals surface area contributed by atoms with Crippen molar-refractivity contribution in [2.45, 2.75) is 103 Å². The number of aliphatic hydroxyl groups excluding tert-OH is 1. The molecule has 0 spiro atoms. The zero-order chi connectivity index (χ0) is 34.2. The lowest BCUT2D eigenvalue weighted by atomic mass is 9.95. The molecule has 1 aliphatic rings. The molecule has 250 valence electrons. The van der Waals surface area contributed by atoms with Crippen molar-refractivity contribution in [3.8, 4) is 17.5 Å². The monoisotopic (exact) mass is 654 g/mol. The Hall–Kier alpha value is -4.09. The van der Waals surface area contributed by atoms with Crippen LogP contribution >= 0.6 is 0 Å². The van der Waals surface area contributed by atoms with Crippen LogP contribution in [0.15, 0.2) is 22.5 Å². The van der Waals surface area contributed by atoms with Crippen LogP contribution in [0.25, 0.3) is 11.6 Å². The second-order valence-electron chi connectivity index (χ2n) is 12.0. The number of carbonyl (C=O) groups excluding carboxylic acids is 2. The number of hydrogen-bond acceptors (Lipinski definition) is 11. The quantitative estimate of drug-likeness (QED) is 0.234. The van der Waals surface area contributed by atoms with Gasteiger partial charge in [0.25, 0.3) is 11.8 Å². The van der Waals surface area contributed by atoms with Crippen LogP contribution in [-0.4, -0.2) is 55.0 Å². The highest BCUT2D eigenvalue weighted by atomic mass is 19.4. The molecule has 12 nitrogen and oxygen atoms in total. The van der Waals surface area contributed by atoms with Crippen LogP contribution in [-0.2, 0) is 21.3 Å². The molecule has 0 radical (unpaired) electrons. The maximum atomic E-state index is 14.4. The van der Waals surface area contributed by atoms with E-state index in [1.807, 2.05) is 0 Å². The second-order valence-corrected chi connectivity index (χ2v) is 12.0. The Morgan fingerprint density at radius 2 is 1.53 bits per heavy atom. The molecule has 18 heteroatoms. The van der Waals surface area contributed by atoms with Crippen LogP contribution in [0.2, 0.25) is 0 Å². The van der Waals surface area contributed by atoms with Crippen LogP contribution in [0.4, 0.5) is 41.6 Å². The number of pyridine rings is 1. The topological polar surface area (TPSA) is 157 Å². The summed E-state index contributed by atoms with van der Waals surface area (Å²) in [6.45, 7) is 8.36. The van der Waals surface area contributed by atoms with Crippen LogP contribution in [0.3, 0.4) is 0 Å². The van der Waals surface area contributed by atoms with Crippen LogP contribution < -0.4 is 9.64 Å². The van der Waals surface area contributed by atoms with Crippen molar-refractivity contribution in [2.75, 3.05) is 4.90 Å². The number of aliphatic hydroxyl groups is 2. The SMILES string of the molecule is CC(C)(C)OC(=O)N(C(=O)OC(C)(C)C)c1cc(C(F)(F)F)c2nc1-c1nnc(o1)[C@@](O)(C(F)(F)F)CCCCC/C(=C/O)O2. The van der Waals surface area contributed by atoms with E-state index < -0.39 is 88.1 Å². The molecule has 0 unspecified atom stereocenters. The third-order valence-electron chi connectivity index (χ3n) is 5.95. The molecule has 0 aromatic carbocycles. The van der Waals surface area contributed by atoms with Crippen LogP contribution in [0, 0.1) is 0 Å². The van der Waals surface area contributed by atoms with Gasteiger partial charge in [0.05, 0.1) is 5.69 Å². The largest absolute Gasteiger partial charge is 0.512 e. The molecule has 0 saturated carbocycles. The molecule has 0 aliphatic carbocycles. The van der Waals surface area contributed by atoms with E-state index in [4.69, 9.17) is 18.6 Å². The molecule has 2 amide bonds. The van der Waals surface area contributed by atoms with Gasteiger partial charge in [-0.3, -0.25) is 0 Å². The third-order valence-corrected chi connectivity index (χ3v) is 5.95. The highest BCUT2D eigenvalue weighted by Gasteiger charge is 2.58. The van der Waals surface area contributed by atoms with Crippen molar-refractivity contribution < 1.29 is 64.8 Å². The standard InChI is InChI=1S/C27H32F6N4O8/c1-23(2,3)44-21(39)37(22(40)45-24(4,5)6)16-12-15(26(28,29)30)18-34-17(16)19-35-36-20(43-19)25(41,27(31,32)33)11-9-7-8-10-14(13-38)42-18/h12-13,38,41H,7-11H2,1-6H3/b14-13-/t25-/m1/s1. The molecule has 2 N–H and O–H groups in total. The highest BCUT2D eigenvalue weighted by molar-refractivity contribution is 6.11. The number of alkyl halides is 6. The molecule has 45 heavy (non-hydrogen) atoms. The lowest BCUT2D eigenvalue weighted by Gasteiger charge is -2.29. The zero-order valence-corrected chi connectivity index (χ0v) is 25.1. The molecule has 1 atom stereocenters. The van der Waals surface area contributed by atoms with Gasteiger partial charge < -0.3 is 28.8 Å². The Morgan fingerprint density at radius 3 is 2.02 bits per heavy atom. The maximum Gasteiger partial charge on any atom is 0.426 e. The number of amides is 2. The number of hydrogen-bond donors (Lipinski definition) is 2. The molecule has 0 fully saturated rings. The number of allylic oxidation sites excluding steroid dienone is 1. The summed E-state index contributed by atoms with van der Waals surface area (Å²) in [7, 11) is 0. The van der Waals surface area contributed by atoms with Crippen molar-refractivity contribution >= 4 is 17.9 Å². The van der Waals surface area contributed by atoms with E-state index in [9.17, 15) is 46.1 Å². The Labute approximate surface area is 253 Å². The summed E-state index contributed by atoms with van der Waals surface area (Å²) in [5, 5.41) is 27.1. The summed E-state index contributed by atoms with van der Waals surface area (Å²) in [6.07, 6.45) is -14.8. The number of aromatic nitrogens is 3. The van der Waals surface area contributed by atoms with Gasteiger partial charge in [0.2, 0.25) is 11.5 Å². The predicted molar refractivity (Wildman–Crippen MR) is 142 cm³/mol. The first kappa shape index (κ1) is 35.4. The number of rotatable bonds is 1. The van der Waals surface area contributed by atoms with Gasteiger partial charge in [-0.1, -0.05) is 6.42 Å². The molecule has 3 rings (SSSR count). The van der Waals surface area contributed by atoms with Gasteiger partial charge in [0, 0.05) is 6.42 Å². The van der Waals surface area contributed by atoms with Gasteiger partial charge in [0.15, 0.2) is 5.69 Å². The van der Waals surface area contributed by atoms with E-state index in [0.29, 0.717) is 6.26 Å². The fraction of sp³-hybridized carbons (Fsp3) is 0.593. The maximum absolute atomic E-state index is 14.4. The van der Waals surface area contributed by atoms with Gasteiger partial charge in [-0.25, -0.2) is 14.6 Å². The Bertz CT molecular complexity index is 1410. The number of nitrogens with zero attached hydrogens (tertiary/aromatic N) is 4. The Kier molecular flexibility index (Phi) is 9.72. The predicted octanol–water partition coefficient (Wildman–Crippen LogP) is 7.32. The fourth-order valence-corrected chi connectivity index (χ4v) is 3.96. The van der Waals surface area contributed by atoms with E-state index in [1.54, 1.807) is 0 Å². The minimum absolute atomic E-state index is 0.0184.